The van der Waals surface area contributed by atoms with Gasteiger partial charge in [-0.3, -0.25) is 4.79 Å². The van der Waals surface area contributed by atoms with E-state index in [1.54, 1.807) is 29.3 Å². The van der Waals surface area contributed by atoms with Crippen LogP contribution >= 0.6 is 0 Å². The fourth-order valence-electron chi connectivity index (χ4n) is 2.84. The Balaban J connectivity index is 2.49. The molecule has 1 aromatic carbocycles. The molecule has 0 bridgehead atoms. The summed E-state index contributed by atoms with van der Waals surface area (Å²) in [4.78, 5) is 24.9. The van der Waals surface area contributed by atoms with Crippen LogP contribution in [0.4, 0.5) is 0 Å². The molecule has 0 radical (unpaired) electrons. The van der Waals surface area contributed by atoms with Crippen molar-refractivity contribution in [2.45, 2.75) is 20.4 Å². The maximum Gasteiger partial charge on any atom is 0.343 e. The minimum absolute atomic E-state index is 0.00325. The molecule has 0 spiro atoms. The largest absolute Gasteiger partial charge is 0.494 e. The van der Waals surface area contributed by atoms with Gasteiger partial charge in [0.2, 0.25) is 5.43 Å². The van der Waals surface area contributed by atoms with Crippen molar-refractivity contribution in [3.63, 3.8) is 0 Å². The molecule has 126 valence electrons. The van der Waals surface area contributed by atoms with Gasteiger partial charge in [-0.1, -0.05) is 5.21 Å². The van der Waals surface area contributed by atoms with Crippen molar-refractivity contribution in [3.8, 4) is 5.75 Å². The molecule has 0 N–H and O–H groups in total. The van der Waals surface area contributed by atoms with Crippen LogP contribution in [0.15, 0.2) is 17.1 Å². The monoisotopic (exact) mass is 330 g/mol. The van der Waals surface area contributed by atoms with Gasteiger partial charge in [0, 0.05) is 19.8 Å². The molecule has 24 heavy (non-hydrogen) atoms. The molecule has 0 aliphatic rings. The molecular formula is C16H18N4O4. The van der Waals surface area contributed by atoms with Crippen molar-refractivity contribution in [1.29, 1.82) is 0 Å². The highest BCUT2D eigenvalue weighted by atomic mass is 16.5. The summed E-state index contributed by atoms with van der Waals surface area (Å²) >= 11 is 0. The standard InChI is InChI=1S/C16H18N4O4/c1-5-20-8-10(16(22)24-6-2)15(21)9-7-11(23-4)14-12(13(9)20)17-18-19(14)3/h7-8H,5-6H2,1-4H3. The first-order valence-corrected chi connectivity index (χ1v) is 7.64. The second kappa shape index (κ2) is 5.95. The van der Waals surface area contributed by atoms with Crippen molar-refractivity contribution in [1.82, 2.24) is 19.6 Å². The quantitative estimate of drug-likeness (QED) is 0.673. The van der Waals surface area contributed by atoms with Crippen LogP contribution < -0.4 is 10.2 Å². The number of carbonyl (C=O) groups is 1. The molecule has 0 amide bonds. The summed E-state index contributed by atoms with van der Waals surface area (Å²) in [6, 6.07) is 1.62. The third-order valence-corrected chi connectivity index (χ3v) is 3.93. The lowest BCUT2D eigenvalue weighted by molar-refractivity contribution is 0.0524. The second-order valence-electron chi connectivity index (χ2n) is 5.26. The number of hydrogen-bond donors (Lipinski definition) is 0. The molecule has 8 heteroatoms. The number of nitrogens with zero attached hydrogens (tertiary/aromatic N) is 4. The van der Waals surface area contributed by atoms with E-state index in [1.165, 1.54) is 13.3 Å². The summed E-state index contributed by atoms with van der Waals surface area (Å²) in [5.74, 6) is -0.157. The highest BCUT2D eigenvalue weighted by Crippen LogP contribution is 2.30. The Hall–Kier alpha value is -2.90. The minimum atomic E-state index is -0.634. The molecular weight excluding hydrogens is 312 g/mol. The molecule has 0 aliphatic heterocycles. The predicted octanol–water partition coefficient (Wildman–Crippen LogP) is 1.49. The predicted molar refractivity (Wildman–Crippen MR) is 88.5 cm³/mol. The van der Waals surface area contributed by atoms with E-state index < -0.39 is 11.4 Å². The molecule has 0 aliphatic carbocycles. The Bertz CT molecular complexity index is 1000. The molecule has 0 saturated carbocycles. The van der Waals surface area contributed by atoms with Gasteiger partial charge >= 0.3 is 5.97 Å². The van der Waals surface area contributed by atoms with E-state index in [0.717, 1.165) is 0 Å². The molecule has 8 nitrogen and oxygen atoms in total. The number of fused-ring (bicyclic) bond motifs is 3. The lowest BCUT2D eigenvalue weighted by Gasteiger charge is -2.13. The van der Waals surface area contributed by atoms with Crippen molar-refractivity contribution in [2.75, 3.05) is 13.7 Å². The summed E-state index contributed by atoms with van der Waals surface area (Å²) < 4.78 is 13.8. The Kier molecular flexibility index (Phi) is 3.96. The number of hydrogen-bond acceptors (Lipinski definition) is 6. The average Bonchev–Trinajstić information content (AvgIpc) is 2.97. The van der Waals surface area contributed by atoms with Crippen molar-refractivity contribution >= 4 is 27.9 Å². The topological polar surface area (TPSA) is 88.2 Å². The number of carbonyl (C=O) groups excluding carboxylic acids is 1. The van der Waals surface area contributed by atoms with Gasteiger partial charge in [-0.2, -0.15) is 0 Å². The van der Waals surface area contributed by atoms with E-state index in [0.29, 0.717) is 34.2 Å². The van der Waals surface area contributed by atoms with E-state index in [2.05, 4.69) is 10.3 Å². The molecule has 0 fully saturated rings. The first-order valence-electron chi connectivity index (χ1n) is 7.64. The lowest BCUT2D eigenvalue weighted by Crippen LogP contribution is -2.21. The molecule has 3 aromatic rings. The Morgan fingerprint density at radius 3 is 2.67 bits per heavy atom. The van der Waals surface area contributed by atoms with Crippen LogP contribution in [0.1, 0.15) is 24.2 Å². The van der Waals surface area contributed by atoms with Gasteiger partial charge < -0.3 is 14.0 Å². The van der Waals surface area contributed by atoms with E-state index >= 15 is 0 Å². The maximum absolute atomic E-state index is 12.8. The number of ether oxygens (including phenoxy) is 2. The number of aromatic nitrogens is 4. The first-order chi connectivity index (χ1) is 11.5. The van der Waals surface area contributed by atoms with Gasteiger partial charge in [0.1, 0.15) is 22.3 Å². The molecule has 0 unspecified atom stereocenters. The normalized spacial score (nSPS) is 11.2. The second-order valence-corrected chi connectivity index (χ2v) is 5.26. The number of rotatable bonds is 4. The Morgan fingerprint density at radius 1 is 1.29 bits per heavy atom. The van der Waals surface area contributed by atoms with Crippen molar-refractivity contribution in [2.24, 2.45) is 7.05 Å². The molecule has 0 atom stereocenters. The number of methoxy groups -OCH3 is 1. The molecule has 2 heterocycles. The summed E-state index contributed by atoms with van der Waals surface area (Å²) in [5.41, 5.74) is 1.46. The van der Waals surface area contributed by atoms with Crippen LogP contribution in [0, 0.1) is 0 Å². The Labute approximate surface area is 137 Å². The lowest BCUT2D eigenvalue weighted by atomic mass is 10.1. The van der Waals surface area contributed by atoms with Crippen molar-refractivity contribution < 1.29 is 14.3 Å². The smallest absolute Gasteiger partial charge is 0.343 e. The number of pyridine rings is 1. The number of benzene rings is 1. The summed E-state index contributed by atoms with van der Waals surface area (Å²) in [6.07, 6.45) is 1.52. The SMILES string of the molecule is CCOC(=O)c1cn(CC)c2c(cc(OC)c3c2nnn3C)c1=O. The molecule has 3 rings (SSSR count). The van der Waals surface area contributed by atoms with Crippen molar-refractivity contribution in [3.05, 3.63) is 28.0 Å². The number of aryl methyl sites for hydroxylation is 2. The number of esters is 1. The highest BCUT2D eigenvalue weighted by Gasteiger charge is 2.21. The van der Waals surface area contributed by atoms with Gasteiger partial charge in [0.15, 0.2) is 0 Å². The van der Waals surface area contributed by atoms with E-state index in [4.69, 9.17) is 9.47 Å². The summed E-state index contributed by atoms with van der Waals surface area (Å²) in [5, 5.41) is 8.55. The average molecular weight is 330 g/mol. The first kappa shape index (κ1) is 16.0. The third-order valence-electron chi connectivity index (χ3n) is 3.93. The Morgan fingerprint density at radius 2 is 2.04 bits per heavy atom. The van der Waals surface area contributed by atoms with E-state index in [9.17, 15) is 9.59 Å². The zero-order valence-corrected chi connectivity index (χ0v) is 14.0. The van der Waals surface area contributed by atoms with Gasteiger partial charge in [-0.05, 0) is 19.9 Å². The zero-order valence-electron chi connectivity index (χ0n) is 14.0. The summed E-state index contributed by atoms with van der Waals surface area (Å²) in [6.45, 7) is 4.38. The summed E-state index contributed by atoms with van der Waals surface area (Å²) in [7, 11) is 3.27. The minimum Gasteiger partial charge on any atom is -0.494 e. The van der Waals surface area contributed by atoms with Gasteiger partial charge in [0.25, 0.3) is 0 Å². The third kappa shape index (κ3) is 2.22. The van der Waals surface area contributed by atoms with Gasteiger partial charge in [-0.15, -0.1) is 5.10 Å². The molecule has 2 aromatic heterocycles. The van der Waals surface area contributed by atoms with Crippen LogP contribution in [-0.4, -0.2) is 39.2 Å². The highest BCUT2D eigenvalue weighted by molar-refractivity contribution is 6.06. The van der Waals surface area contributed by atoms with Crippen LogP contribution in [-0.2, 0) is 18.3 Å². The fourth-order valence-corrected chi connectivity index (χ4v) is 2.84. The van der Waals surface area contributed by atoms with Gasteiger partial charge in [0.05, 0.1) is 24.6 Å². The van der Waals surface area contributed by atoms with E-state index in [-0.39, 0.29) is 12.2 Å². The maximum atomic E-state index is 12.8. The van der Waals surface area contributed by atoms with Crippen LogP contribution in [0.25, 0.3) is 21.9 Å². The fraction of sp³-hybridized carbons (Fsp3) is 0.375. The van der Waals surface area contributed by atoms with Crippen LogP contribution in [0.2, 0.25) is 0 Å². The zero-order chi connectivity index (χ0) is 17.4. The van der Waals surface area contributed by atoms with Gasteiger partial charge in [-0.25, -0.2) is 9.48 Å². The van der Waals surface area contributed by atoms with Crippen LogP contribution in [0.5, 0.6) is 5.75 Å². The van der Waals surface area contributed by atoms with Crippen LogP contribution in [0.3, 0.4) is 0 Å². The van der Waals surface area contributed by atoms with E-state index in [1.807, 2.05) is 6.92 Å². The molecule has 0 saturated heterocycles.